The second-order valence-electron chi connectivity index (χ2n) is 4.72. The van der Waals surface area contributed by atoms with Crippen LogP contribution in [-0.2, 0) is 9.53 Å². The summed E-state index contributed by atoms with van der Waals surface area (Å²) in [6.45, 7) is 4.38. The van der Waals surface area contributed by atoms with Crippen LogP contribution in [0.5, 0.6) is 0 Å². The number of halogens is 4. The minimum Gasteiger partial charge on any atom is -0.465 e. The predicted octanol–water partition coefficient (Wildman–Crippen LogP) is 3.65. The van der Waals surface area contributed by atoms with Crippen LogP contribution in [-0.4, -0.2) is 24.4 Å². The maximum absolute atomic E-state index is 12.8. The topological polar surface area (TPSA) is 26.3 Å². The number of hydrogen-bond acceptors (Lipinski definition) is 2. The summed E-state index contributed by atoms with van der Waals surface area (Å²) in [6.07, 6.45) is -0.700. The van der Waals surface area contributed by atoms with Crippen molar-refractivity contribution in [2.45, 2.75) is 52.4 Å². The second kappa shape index (κ2) is 5.23. The van der Waals surface area contributed by atoms with Crippen molar-refractivity contribution in [3.8, 4) is 0 Å². The number of carbonyl (C=O) groups is 1. The summed E-state index contributed by atoms with van der Waals surface area (Å²) < 4.78 is 55.1. The molecule has 0 aliphatic rings. The normalized spacial score (nSPS) is 13.6. The average molecular weight is 258 g/mol. The summed E-state index contributed by atoms with van der Waals surface area (Å²) in [5, 5.41) is 0. The highest BCUT2D eigenvalue weighted by Gasteiger charge is 2.51. The number of esters is 1. The molecule has 0 heterocycles. The highest BCUT2D eigenvalue weighted by Crippen LogP contribution is 2.36. The van der Waals surface area contributed by atoms with Crippen LogP contribution in [0.1, 0.15) is 40.5 Å². The van der Waals surface area contributed by atoms with Crippen LogP contribution in [0, 0.1) is 5.41 Å². The summed E-state index contributed by atoms with van der Waals surface area (Å²) >= 11 is 0. The van der Waals surface area contributed by atoms with Crippen molar-refractivity contribution in [3.63, 3.8) is 0 Å². The molecule has 0 aromatic carbocycles. The third-order valence-corrected chi connectivity index (χ3v) is 2.73. The van der Waals surface area contributed by atoms with Gasteiger partial charge in [-0.15, -0.1) is 0 Å². The van der Waals surface area contributed by atoms with Crippen molar-refractivity contribution < 1.29 is 27.1 Å². The van der Waals surface area contributed by atoms with Gasteiger partial charge >= 0.3 is 17.8 Å². The summed E-state index contributed by atoms with van der Waals surface area (Å²) in [5.41, 5.74) is -0.788. The molecule has 17 heavy (non-hydrogen) atoms. The lowest BCUT2D eigenvalue weighted by Crippen LogP contribution is -2.39. The molecule has 0 saturated carbocycles. The lowest BCUT2D eigenvalue weighted by molar-refractivity contribution is -0.207. The van der Waals surface area contributed by atoms with Crippen LogP contribution < -0.4 is 0 Å². The van der Waals surface area contributed by atoms with Crippen LogP contribution >= 0.6 is 0 Å². The lowest BCUT2D eigenvalue weighted by Gasteiger charge is -2.24. The van der Waals surface area contributed by atoms with Gasteiger partial charge in [-0.05, 0) is 20.3 Å². The molecule has 0 aliphatic carbocycles. The van der Waals surface area contributed by atoms with E-state index in [1.165, 1.54) is 0 Å². The van der Waals surface area contributed by atoms with Gasteiger partial charge in [0.1, 0.15) is 0 Å². The number of rotatable bonds is 6. The molecule has 2 nitrogen and oxygen atoms in total. The van der Waals surface area contributed by atoms with E-state index in [4.69, 9.17) is 0 Å². The van der Waals surface area contributed by atoms with Crippen LogP contribution in [0.4, 0.5) is 17.6 Å². The fourth-order valence-corrected chi connectivity index (χ4v) is 0.831. The van der Waals surface area contributed by atoms with Gasteiger partial charge in [0, 0.05) is 6.92 Å². The first kappa shape index (κ1) is 16.2. The Balaban J connectivity index is 4.22. The first-order valence-corrected chi connectivity index (χ1v) is 5.37. The number of hydrogen-bond donors (Lipinski definition) is 0. The van der Waals surface area contributed by atoms with Crippen molar-refractivity contribution in [1.82, 2.24) is 0 Å². The Kier molecular flexibility index (Phi) is 4.98. The standard InChI is InChI=1S/C11H18F4O2/c1-5-9(2,3)8(16)17-7-6-11(14,15)10(4,12)13/h5-7H2,1-4H3. The van der Waals surface area contributed by atoms with Crippen LogP contribution in [0.25, 0.3) is 0 Å². The van der Waals surface area contributed by atoms with Crippen molar-refractivity contribution in [3.05, 3.63) is 0 Å². The van der Waals surface area contributed by atoms with E-state index in [0.29, 0.717) is 6.42 Å². The summed E-state index contributed by atoms with van der Waals surface area (Å²) in [6, 6.07) is 0. The third kappa shape index (κ3) is 4.52. The molecule has 0 aromatic rings. The molecule has 0 N–H and O–H groups in total. The largest absolute Gasteiger partial charge is 0.465 e. The quantitative estimate of drug-likeness (QED) is 0.537. The monoisotopic (exact) mass is 258 g/mol. The zero-order valence-electron chi connectivity index (χ0n) is 10.4. The molecule has 0 spiro atoms. The van der Waals surface area contributed by atoms with E-state index in [1.54, 1.807) is 20.8 Å². The van der Waals surface area contributed by atoms with Crippen LogP contribution in [0.2, 0.25) is 0 Å². The van der Waals surface area contributed by atoms with Gasteiger partial charge in [0.05, 0.1) is 18.4 Å². The molecule has 6 heteroatoms. The van der Waals surface area contributed by atoms with Gasteiger partial charge in [-0.25, -0.2) is 8.78 Å². The van der Waals surface area contributed by atoms with Gasteiger partial charge in [-0.3, -0.25) is 4.79 Å². The second-order valence-corrected chi connectivity index (χ2v) is 4.72. The minimum absolute atomic E-state index is 0.144. The van der Waals surface area contributed by atoms with Gasteiger partial charge in [-0.2, -0.15) is 8.78 Å². The first-order valence-electron chi connectivity index (χ1n) is 5.37. The molecule has 0 aromatic heterocycles. The van der Waals surface area contributed by atoms with Crippen molar-refractivity contribution in [2.75, 3.05) is 6.61 Å². The Labute approximate surface area is 98.3 Å². The van der Waals surface area contributed by atoms with Gasteiger partial charge in [0.15, 0.2) is 0 Å². The van der Waals surface area contributed by atoms with E-state index >= 15 is 0 Å². The number of carbonyl (C=O) groups excluding carboxylic acids is 1. The molecule has 0 radical (unpaired) electrons. The number of alkyl halides is 4. The predicted molar refractivity (Wildman–Crippen MR) is 55.2 cm³/mol. The fourth-order valence-electron chi connectivity index (χ4n) is 0.831. The zero-order valence-corrected chi connectivity index (χ0v) is 10.4. The Bertz CT molecular complexity index is 269. The Morgan fingerprint density at radius 1 is 1.12 bits per heavy atom. The number of ether oxygens (including phenoxy) is 1. The maximum Gasteiger partial charge on any atom is 0.313 e. The zero-order chi connectivity index (χ0) is 13.9. The van der Waals surface area contributed by atoms with E-state index in [1.807, 2.05) is 0 Å². The highest BCUT2D eigenvalue weighted by atomic mass is 19.3. The molecule has 0 rings (SSSR count). The van der Waals surface area contributed by atoms with E-state index in [2.05, 4.69) is 4.74 Å². The van der Waals surface area contributed by atoms with Crippen molar-refractivity contribution >= 4 is 5.97 Å². The third-order valence-electron chi connectivity index (χ3n) is 2.73. The van der Waals surface area contributed by atoms with E-state index in [-0.39, 0.29) is 6.92 Å². The first-order chi connectivity index (χ1) is 7.44. The molecule has 102 valence electrons. The summed E-state index contributed by atoms with van der Waals surface area (Å²) in [4.78, 5) is 11.4. The maximum atomic E-state index is 12.8. The van der Waals surface area contributed by atoms with E-state index < -0.39 is 36.3 Å². The SMILES string of the molecule is CCC(C)(C)C(=O)OCCC(F)(F)C(C)(F)F. The van der Waals surface area contributed by atoms with E-state index in [9.17, 15) is 22.4 Å². The lowest BCUT2D eigenvalue weighted by atomic mass is 9.91. The molecule has 0 bridgehead atoms. The van der Waals surface area contributed by atoms with Gasteiger partial charge in [0.2, 0.25) is 0 Å². The van der Waals surface area contributed by atoms with Crippen molar-refractivity contribution in [2.24, 2.45) is 5.41 Å². The van der Waals surface area contributed by atoms with E-state index in [0.717, 1.165) is 0 Å². The molecule has 0 aliphatic heterocycles. The molecule has 0 fully saturated rings. The fraction of sp³-hybridized carbons (Fsp3) is 0.909. The molecular weight excluding hydrogens is 240 g/mol. The van der Waals surface area contributed by atoms with Crippen LogP contribution in [0.3, 0.4) is 0 Å². The van der Waals surface area contributed by atoms with Gasteiger partial charge in [-0.1, -0.05) is 6.92 Å². The summed E-state index contributed by atoms with van der Waals surface area (Å²) in [5.74, 6) is -8.93. The Hall–Kier alpha value is -0.810. The van der Waals surface area contributed by atoms with Crippen LogP contribution in [0.15, 0.2) is 0 Å². The minimum atomic E-state index is -4.16. The molecule has 0 saturated heterocycles. The smallest absolute Gasteiger partial charge is 0.313 e. The van der Waals surface area contributed by atoms with Gasteiger partial charge < -0.3 is 4.74 Å². The Morgan fingerprint density at radius 3 is 1.94 bits per heavy atom. The molecule has 0 atom stereocenters. The highest BCUT2D eigenvalue weighted by molar-refractivity contribution is 5.75. The van der Waals surface area contributed by atoms with Crippen molar-refractivity contribution in [1.29, 1.82) is 0 Å². The molecule has 0 unspecified atom stereocenters. The van der Waals surface area contributed by atoms with Gasteiger partial charge in [0.25, 0.3) is 0 Å². The molecule has 0 amide bonds. The Morgan fingerprint density at radius 2 is 1.59 bits per heavy atom. The molecular formula is C11H18F4O2. The summed E-state index contributed by atoms with van der Waals surface area (Å²) in [7, 11) is 0. The average Bonchev–Trinajstić information content (AvgIpc) is 2.15.